The molecule has 5 nitrogen and oxygen atoms in total. The van der Waals surface area contributed by atoms with Crippen LogP contribution in [0.25, 0.3) is 0 Å². The molecule has 2 N–H and O–H groups in total. The van der Waals surface area contributed by atoms with Crippen LogP contribution in [-0.2, 0) is 21.0 Å². The molecule has 2 atom stereocenters. The molecular formula is C15H17BrClF3N2O3S. The van der Waals surface area contributed by atoms with Gasteiger partial charge in [-0.05, 0) is 31.0 Å². The molecule has 2 unspecified atom stereocenters. The fourth-order valence-electron chi connectivity index (χ4n) is 3.26. The summed E-state index contributed by atoms with van der Waals surface area (Å²) in [4.78, 5) is 13.4. The van der Waals surface area contributed by atoms with Crippen LogP contribution in [0.2, 0.25) is 5.02 Å². The fraction of sp³-hybridized carbons (Fsp3) is 0.533. The molecule has 1 saturated carbocycles. The highest BCUT2D eigenvalue weighted by molar-refractivity contribution is 9.09. The van der Waals surface area contributed by atoms with Gasteiger partial charge in [-0.2, -0.15) is 13.2 Å². The van der Waals surface area contributed by atoms with Crippen LogP contribution in [0.1, 0.15) is 31.2 Å². The summed E-state index contributed by atoms with van der Waals surface area (Å²) in [6, 6.07) is 2.06. The largest absolute Gasteiger partial charge is 0.418 e. The molecule has 0 radical (unpaired) electrons. The molecule has 0 aliphatic heterocycles. The van der Waals surface area contributed by atoms with Gasteiger partial charge in [0.1, 0.15) is 0 Å². The molecule has 1 aromatic rings. The Kier molecular flexibility index (Phi) is 6.63. The van der Waals surface area contributed by atoms with Crippen LogP contribution in [0.4, 0.5) is 18.9 Å². The molecule has 1 aliphatic rings. The van der Waals surface area contributed by atoms with Crippen LogP contribution < -0.4 is 10.0 Å². The number of anilines is 1. The van der Waals surface area contributed by atoms with Gasteiger partial charge in [-0.1, -0.05) is 40.4 Å². The number of halogens is 5. The topological polar surface area (TPSA) is 80.5 Å². The molecule has 0 bridgehead atoms. The van der Waals surface area contributed by atoms with Crippen molar-refractivity contribution in [1.82, 2.24) is 0 Å². The van der Waals surface area contributed by atoms with E-state index in [4.69, 9.17) is 16.7 Å². The van der Waals surface area contributed by atoms with Crippen molar-refractivity contribution in [2.24, 2.45) is 5.14 Å². The molecule has 11 heteroatoms. The van der Waals surface area contributed by atoms with Crippen LogP contribution in [0.15, 0.2) is 18.2 Å². The van der Waals surface area contributed by atoms with Crippen molar-refractivity contribution < 1.29 is 26.4 Å². The van der Waals surface area contributed by atoms with Gasteiger partial charge in [0.25, 0.3) is 0 Å². The Balaban J connectivity index is 2.64. The van der Waals surface area contributed by atoms with Crippen molar-refractivity contribution >= 4 is 49.1 Å². The van der Waals surface area contributed by atoms with E-state index in [1.165, 1.54) is 6.07 Å². The standard InChI is InChI=1S/C15H17BrClF3N2O3S/c16-8-14(23)22(12-3-1-2-4-13(12)26(21,24)25)11-6-5-9(17)7-10(11)15(18,19)20/h5-7,12-13H,1-4,8H2,(H2,21,24,25). The van der Waals surface area contributed by atoms with Gasteiger partial charge in [0.15, 0.2) is 0 Å². The van der Waals surface area contributed by atoms with E-state index < -0.39 is 44.6 Å². The number of hydrogen-bond acceptors (Lipinski definition) is 3. The maximum Gasteiger partial charge on any atom is 0.418 e. The van der Waals surface area contributed by atoms with Crippen molar-refractivity contribution in [2.45, 2.75) is 43.2 Å². The minimum Gasteiger partial charge on any atom is -0.307 e. The third kappa shape index (κ3) is 4.71. The lowest BCUT2D eigenvalue weighted by Gasteiger charge is -2.39. The lowest BCUT2D eigenvalue weighted by molar-refractivity contribution is -0.137. The molecule has 0 spiro atoms. The van der Waals surface area contributed by atoms with E-state index in [1.807, 2.05) is 0 Å². The number of primary sulfonamides is 1. The number of benzene rings is 1. The maximum atomic E-state index is 13.5. The summed E-state index contributed by atoms with van der Waals surface area (Å²) in [5.74, 6) is -0.682. The summed E-state index contributed by atoms with van der Waals surface area (Å²) < 4.78 is 64.4. The number of nitrogens with zero attached hydrogens (tertiary/aromatic N) is 1. The monoisotopic (exact) mass is 476 g/mol. The lowest BCUT2D eigenvalue weighted by atomic mass is 9.92. The first-order valence-corrected chi connectivity index (χ1v) is 10.8. The summed E-state index contributed by atoms with van der Waals surface area (Å²) >= 11 is 8.66. The molecule has 2 rings (SSSR count). The predicted octanol–water partition coefficient (Wildman–Crippen LogP) is 3.69. The van der Waals surface area contributed by atoms with Gasteiger partial charge in [0.2, 0.25) is 15.9 Å². The van der Waals surface area contributed by atoms with E-state index in [1.54, 1.807) is 0 Å². The average molecular weight is 478 g/mol. The van der Waals surface area contributed by atoms with Crippen LogP contribution in [0.3, 0.4) is 0 Å². The smallest absolute Gasteiger partial charge is 0.307 e. The van der Waals surface area contributed by atoms with Gasteiger partial charge >= 0.3 is 6.18 Å². The Labute approximate surface area is 162 Å². The van der Waals surface area contributed by atoms with E-state index in [0.717, 1.165) is 17.0 Å². The molecule has 1 amide bonds. The molecule has 0 aromatic heterocycles. The predicted molar refractivity (Wildman–Crippen MR) is 96.9 cm³/mol. The lowest BCUT2D eigenvalue weighted by Crippen LogP contribution is -2.54. The van der Waals surface area contributed by atoms with Gasteiger partial charge in [0.05, 0.1) is 27.9 Å². The number of hydrogen-bond donors (Lipinski definition) is 1. The summed E-state index contributed by atoms with van der Waals surface area (Å²) in [6.45, 7) is 0. The molecule has 1 aromatic carbocycles. The zero-order chi connectivity index (χ0) is 19.7. The van der Waals surface area contributed by atoms with Crippen molar-refractivity contribution in [3.63, 3.8) is 0 Å². The van der Waals surface area contributed by atoms with Crippen molar-refractivity contribution in [3.8, 4) is 0 Å². The summed E-state index contributed by atoms with van der Waals surface area (Å²) in [5.41, 5.74) is -1.52. The van der Waals surface area contributed by atoms with Crippen molar-refractivity contribution in [2.75, 3.05) is 10.2 Å². The van der Waals surface area contributed by atoms with Crippen molar-refractivity contribution in [3.05, 3.63) is 28.8 Å². The molecule has 0 saturated heterocycles. The van der Waals surface area contributed by atoms with Crippen LogP contribution in [0, 0.1) is 0 Å². The number of carbonyl (C=O) groups excluding carboxylic acids is 1. The number of sulfonamides is 1. The van der Waals surface area contributed by atoms with E-state index in [9.17, 15) is 26.4 Å². The minimum absolute atomic E-state index is 0.140. The molecule has 1 fully saturated rings. The number of rotatable bonds is 4. The van der Waals surface area contributed by atoms with E-state index >= 15 is 0 Å². The van der Waals surface area contributed by atoms with Gasteiger partial charge < -0.3 is 4.90 Å². The first-order chi connectivity index (χ1) is 12.0. The van der Waals surface area contributed by atoms with Gasteiger partial charge in [-0.3, -0.25) is 4.79 Å². The Morgan fingerprint density at radius 1 is 1.31 bits per heavy atom. The third-order valence-electron chi connectivity index (χ3n) is 4.33. The summed E-state index contributed by atoms with van der Waals surface area (Å²) in [7, 11) is -4.04. The van der Waals surface area contributed by atoms with Crippen molar-refractivity contribution in [1.29, 1.82) is 0 Å². The van der Waals surface area contributed by atoms with E-state index in [0.29, 0.717) is 12.8 Å². The fourth-order valence-corrected chi connectivity index (χ4v) is 4.90. The highest BCUT2D eigenvalue weighted by atomic mass is 79.9. The third-order valence-corrected chi connectivity index (χ3v) is 6.44. The SMILES string of the molecule is NS(=O)(=O)C1CCCCC1N(C(=O)CBr)c1ccc(Cl)cc1C(F)(F)F. The Morgan fingerprint density at radius 2 is 1.92 bits per heavy atom. The zero-order valence-corrected chi connectivity index (χ0v) is 16.6. The van der Waals surface area contributed by atoms with Gasteiger partial charge in [-0.25, -0.2) is 13.6 Å². The summed E-state index contributed by atoms with van der Waals surface area (Å²) in [5, 5.41) is 3.75. The Hall–Kier alpha value is -0.840. The number of nitrogens with two attached hydrogens (primary N) is 1. The van der Waals surface area contributed by atoms with Crippen LogP contribution in [-0.4, -0.2) is 30.9 Å². The number of alkyl halides is 4. The average Bonchev–Trinajstić information content (AvgIpc) is 2.54. The van der Waals surface area contributed by atoms with Gasteiger partial charge in [0, 0.05) is 5.02 Å². The zero-order valence-electron chi connectivity index (χ0n) is 13.5. The molecular weight excluding hydrogens is 461 g/mol. The minimum atomic E-state index is -4.77. The molecule has 0 heterocycles. The quantitative estimate of drug-likeness (QED) is 0.672. The Bertz CT molecular complexity index is 789. The normalized spacial score (nSPS) is 21.5. The van der Waals surface area contributed by atoms with Crippen LogP contribution >= 0.6 is 27.5 Å². The number of carbonyl (C=O) groups is 1. The van der Waals surface area contributed by atoms with Gasteiger partial charge in [-0.15, -0.1) is 0 Å². The van der Waals surface area contributed by atoms with Crippen LogP contribution in [0.5, 0.6) is 0 Å². The second kappa shape index (κ2) is 8.04. The first-order valence-electron chi connectivity index (χ1n) is 7.73. The van der Waals surface area contributed by atoms with E-state index in [-0.39, 0.29) is 23.2 Å². The Morgan fingerprint density at radius 3 is 2.46 bits per heavy atom. The summed E-state index contributed by atoms with van der Waals surface area (Å²) in [6.07, 6.45) is -3.19. The van der Waals surface area contributed by atoms with E-state index in [2.05, 4.69) is 15.9 Å². The number of amides is 1. The molecule has 1 aliphatic carbocycles. The highest BCUT2D eigenvalue weighted by Gasteiger charge is 2.43. The first kappa shape index (κ1) is 21.5. The second-order valence-electron chi connectivity index (χ2n) is 6.04. The second-order valence-corrected chi connectivity index (χ2v) is 8.82. The molecule has 146 valence electrons. The maximum absolute atomic E-state index is 13.5. The highest BCUT2D eigenvalue weighted by Crippen LogP contribution is 2.41. The molecule has 26 heavy (non-hydrogen) atoms.